The molecule has 1 aliphatic rings. The third-order valence-electron chi connectivity index (χ3n) is 6.21. The van der Waals surface area contributed by atoms with Crippen molar-refractivity contribution in [1.29, 1.82) is 0 Å². The van der Waals surface area contributed by atoms with Gasteiger partial charge in [-0.1, -0.05) is 60.2 Å². The maximum Gasteiger partial charge on any atom is 0.253 e. The first kappa shape index (κ1) is 24.6. The molecule has 0 radical (unpaired) electrons. The molecule has 0 saturated carbocycles. The summed E-state index contributed by atoms with van der Waals surface area (Å²) in [4.78, 5) is 26.0. The van der Waals surface area contributed by atoms with E-state index in [0.717, 1.165) is 11.1 Å². The third-order valence-corrected chi connectivity index (χ3v) is 8.12. The van der Waals surface area contributed by atoms with Crippen LogP contribution in [0.2, 0.25) is 0 Å². The highest BCUT2D eigenvalue weighted by molar-refractivity contribution is 7.89. The Bertz CT molecular complexity index is 1280. The second-order valence-electron chi connectivity index (χ2n) is 8.69. The molecule has 1 fully saturated rings. The van der Waals surface area contributed by atoms with E-state index < -0.39 is 10.0 Å². The lowest BCUT2D eigenvalue weighted by Gasteiger charge is -2.30. The number of para-hydroxylation sites is 1. The van der Waals surface area contributed by atoms with Gasteiger partial charge >= 0.3 is 0 Å². The number of carbonyl (C=O) groups excluding carboxylic acids is 2. The highest BCUT2D eigenvalue weighted by atomic mass is 32.2. The van der Waals surface area contributed by atoms with Gasteiger partial charge < -0.3 is 10.6 Å². The summed E-state index contributed by atoms with van der Waals surface area (Å²) in [5.41, 5.74) is 2.97. The fourth-order valence-electron chi connectivity index (χ4n) is 4.11. The van der Waals surface area contributed by atoms with Crippen LogP contribution in [0.25, 0.3) is 0 Å². The van der Waals surface area contributed by atoms with Crippen molar-refractivity contribution in [3.05, 3.63) is 95.6 Å². The summed E-state index contributed by atoms with van der Waals surface area (Å²) in [6.07, 6.45) is 0.833. The second-order valence-corrected chi connectivity index (χ2v) is 10.6. The highest BCUT2D eigenvalue weighted by Crippen LogP contribution is 2.25. The molecule has 0 spiro atoms. The van der Waals surface area contributed by atoms with E-state index in [2.05, 4.69) is 10.6 Å². The van der Waals surface area contributed by atoms with Gasteiger partial charge in [-0.3, -0.25) is 9.59 Å². The molecule has 182 valence electrons. The first-order valence-electron chi connectivity index (χ1n) is 11.6. The van der Waals surface area contributed by atoms with Crippen molar-refractivity contribution in [3.63, 3.8) is 0 Å². The Morgan fingerprint density at radius 1 is 0.886 bits per heavy atom. The lowest BCUT2D eigenvalue weighted by Crippen LogP contribution is -2.41. The van der Waals surface area contributed by atoms with Gasteiger partial charge in [0.1, 0.15) is 0 Å². The summed E-state index contributed by atoms with van der Waals surface area (Å²) >= 11 is 0. The standard InChI is InChI=1S/C27H29N3O4S/c1-20-11-13-21(14-12-20)19-28-27(32)24-9-5-6-10-25(24)29-26(31)22-15-17-30(18-16-22)35(33,34)23-7-3-2-4-8-23/h2-14,22H,15-19H2,1H3,(H,28,32)(H,29,31). The average Bonchev–Trinajstić information content (AvgIpc) is 2.89. The summed E-state index contributed by atoms with van der Waals surface area (Å²) < 4.78 is 27.1. The van der Waals surface area contributed by atoms with Gasteiger partial charge in [0, 0.05) is 25.6 Å². The van der Waals surface area contributed by atoms with Crippen LogP contribution in [0.4, 0.5) is 5.69 Å². The first-order chi connectivity index (χ1) is 16.8. The third kappa shape index (κ3) is 5.96. The van der Waals surface area contributed by atoms with Gasteiger partial charge in [0.25, 0.3) is 5.91 Å². The molecule has 2 amide bonds. The lowest BCUT2D eigenvalue weighted by molar-refractivity contribution is -0.120. The van der Waals surface area contributed by atoms with E-state index in [9.17, 15) is 18.0 Å². The smallest absolute Gasteiger partial charge is 0.253 e. The monoisotopic (exact) mass is 491 g/mol. The van der Waals surface area contributed by atoms with Crippen LogP contribution < -0.4 is 10.6 Å². The molecule has 1 heterocycles. The summed E-state index contributed by atoms with van der Waals surface area (Å²) in [7, 11) is -3.57. The van der Waals surface area contributed by atoms with Crippen molar-refractivity contribution in [2.75, 3.05) is 18.4 Å². The lowest BCUT2D eigenvalue weighted by atomic mass is 9.97. The molecule has 0 unspecified atom stereocenters. The van der Waals surface area contributed by atoms with Crippen LogP contribution in [0.3, 0.4) is 0 Å². The normalized spacial score (nSPS) is 14.9. The minimum Gasteiger partial charge on any atom is -0.348 e. The Labute approximate surface area is 206 Å². The largest absolute Gasteiger partial charge is 0.348 e. The zero-order valence-electron chi connectivity index (χ0n) is 19.6. The van der Waals surface area contributed by atoms with Crippen molar-refractivity contribution < 1.29 is 18.0 Å². The molecule has 1 saturated heterocycles. The fourth-order valence-corrected chi connectivity index (χ4v) is 5.60. The van der Waals surface area contributed by atoms with Crippen molar-refractivity contribution in [2.45, 2.75) is 31.2 Å². The number of hydrogen-bond acceptors (Lipinski definition) is 4. The van der Waals surface area contributed by atoms with E-state index in [0.29, 0.717) is 30.6 Å². The molecule has 8 heteroatoms. The maximum atomic E-state index is 13.0. The van der Waals surface area contributed by atoms with Crippen molar-refractivity contribution in [3.8, 4) is 0 Å². The molecule has 0 aliphatic carbocycles. The van der Waals surface area contributed by atoms with E-state index in [1.807, 2.05) is 31.2 Å². The molecule has 0 bridgehead atoms. The van der Waals surface area contributed by atoms with Crippen LogP contribution in [0.1, 0.15) is 34.3 Å². The number of hydrogen-bond donors (Lipinski definition) is 2. The van der Waals surface area contributed by atoms with Crippen LogP contribution in [0.15, 0.2) is 83.8 Å². The van der Waals surface area contributed by atoms with Gasteiger partial charge in [-0.2, -0.15) is 4.31 Å². The molecule has 35 heavy (non-hydrogen) atoms. The Hall–Kier alpha value is -3.49. The van der Waals surface area contributed by atoms with Gasteiger partial charge in [0.15, 0.2) is 0 Å². The summed E-state index contributed by atoms with van der Waals surface area (Å²) in [5.74, 6) is -0.813. The molecule has 1 aliphatic heterocycles. The van der Waals surface area contributed by atoms with Crippen molar-refractivity contribution >= 4 is 27.5 Å². The Morgan fingerprint density at radius 2 is 1.51 bits per heavy atom. The topological polar surface area (TPSA) is 95.6 Å². The number of anilines is 1. The zero-order valence-corrected chi connectivity index (χ0v) is 20.4. The number of sulfonamides is 1. The highest BCUT2D eigenvalue weighted by Gasteiger charge is 2.32. The second kappa shape index (κ2) is 10.8. The first-order valence-corrected chi connectivity index (χ1v) is 13.1. The minimum absolute atomic E-state index is 0.208. The number of nitrogens with zero attached hydrogens (tertiary/aromatic N) is 1. The zero-order chi connectivity index (χ0) is 24.8. The van der Waals surface area contributed by atoms with Crippen LogP contribution >= 0.6 is 0 Å². The number of piperidine rings is 1. The Kier molecular flexibility index (Phi) is 7.63. The SMILES string of the molecule is Cc1ccc(CNC(=O)c2ccccc2NC(=O)C2CCN(S(=O)(=O)c3ccccc3)CC2)cc1. The molecule has 7 nitrogen and oxygen atoms in total. The van der Waals surface area contributed by atoms with Crippen molar-refractivity contribution in [2.24, 2.45) is 5.92 Å². The van der Waals surface area contributed by atoms with E-state index in [1.165, 1.54) is 4.31 Å². The maximum absolute atomic E-state index is 13.0. The summed E-state index contributed by atoms with van der Waals surface area (Å²) in [5, 5.41) is 5.79. The average molecular weight is 492 g/mol. The molecule has 3 aromatic carbocycles. The van der Waals surface area contributed by atoms with Gasteiger partial charge in [-0.15, -0.1) is 0 Å². The van der Waals surface area contributed by atoms with E-state index in [1.54, 1.807) is 54.6 Å². The predicted molar refractivity (Wildman–Crippen MR) is 135 cm³/mol. The van der Waals surface area contributed by atoms with Gasteiger partial charge in [-0.05, 0) is 49.6 Å². The molecule has 4 rings (SSSR count). The number of benzene rings is 3. The predicted octanol–water partition coefficient (Wildman–Crippen LogP) is 3.96. The molecule has 0 aromatic heterocycles. The van der Waals surface area contributed by atoms with Crippen molar-refractivity contribution in [1.82, 2.24) is 9.62 Å². The van der Waals surface area contributed by atoms with Crippen LogP contribution in [-0.4, -0.2) is 37.6 Å². The number of carbonyl (C=O) groups is 2. The minimum atomic E-state index is -3.57. The molecular weight excluding hydrogens is 462 g/mol. The fraction of sp³-hybridized carbons (Fsp3) is 0.259. The van der Waals surface area contributed by atoms with Gasteiger partial charge in [0.05, 0.1) is 16.1 Å². The molecule has 2 N–H and O–H groups in total. The molecule has 3 aromatic rings. The summed E-state index contributed by atoms with van der Waals surface area (Å²) in [6.45, 7) is 2.94. The number of nitrogens with one attached hydrogen (secondary N) is 2. The number of amides is 2. The Morgan fingerprint density at radius 3 is 2.20 bits per heavy atom. The number of aryl methyl sites for hydroxylation is 1. The summed E-state index contributed by atoms with van der Waals surface area (Å²) in [6, 6.07) is 23.1. The number of rotatable bonds is 7. The van der Waals surface area contributed by atoms with Crippen LogP contribution in [-0.2, 0) is 21.4 Å². The van der Waals surface area contributed by atoms with Crippen LogP contribution in [0.5, 0.6) is 0 Å². The molecule has 0 atom stereocenters. The quantitative estimate of drug-likeness (QED) is 0.523. The van der Waals surface area contributed by atoms with E-state index in [-0.39, 0.29) is 35.7 Å². The van der Waals surface area contributed by atoms with Crippen LogP contribution in [0, 0.1) is 12.8 Å². The van der Waals surface area contributed by atoms with Gasteiger partial charge in [-0.25, -0.2) is 8.42 Å². The van der Waals surface area contributed by atoms with E-state index >= 15 is 0 Å². The Balaban J connectivity index is 1.36. The molecular formula is C27H29N3O4S. The van der Waals surface area contributed by atoms with Gasteiger partial charge in [0.2, 0.25) is 15.9 Å². The van der Waals surface area contributed by atoms with E-state index in [4.69, 9.17) is 0 Å².